The molecule has 0 radical (unpaired) electrons. The molecule has 0 fully saturated rings. The molecule has 106 valence electrons. The molecule has 0 atom stereocenters. The zero-order valence-electron chi connectivity index (χ0n) is 11.6. The van der Waals surface area contributed by atoms with E-state index in [1.165, 1.54) is 6.33 Å². The van der Waals surface area contributed by atoms with Crippen molar-refractivity contribution in [1.29, 1.82) is 0 Å². The maximum absolute atomic E-state index is 5.08. The summed E-state index contributed by atoms with van der Waals surface area (Å²) in [6.45, 7) is 0.635. The summed E-state index contributed by atoms with van der Waals surface area (Å²) >= 11 is 0. The minimum absolute atomic E-state index is 0.535. The van der Waals surface area contributed by atoms with Crippen molar-refractivity contribution in [3.05, 3.63) is 60.7 Å². The number of aromatic nitrogens is 4. The van der Waals surface area contributed by atoms with Crippen LogP contribution < -0.4 is 10.1 Å². The van der Waals surface area contributed by atoms with E-state index in [-0.39, 0.29) is 0 Å². The first kappa shape index (κ1) is 13.1. The van der Waals surface area contributed by atoms with Gasteiger partial charge in [0, 0.05) is 25.0 Å². The number of anilines is 1. The number of benzene rings is 1. The number of hydrogen-bond acceptors (Lipinski definition) is 5. The molecule has 21 heavy (non-hydrogen) atoms. The van der Waals surface area contributed by atoms with Crippen LogP contribution in [0.3, 0.4) is 0 Å². The minimum Gasteiger partial charge on any atom is -0.481 e. The van der Waals surface area contributed by atoms with Crippen LogP contribution in [0.5, 0.6) is 5.88 Å². The molecule has 1 N–H and O–H groups in total. The average Bonchev–Trinajstić information content (AvgIpc) is 3.08. The van der Waals surface area contributed by atoms with Gasteiger partial charge < -0.3 is 10.1 Å². The summed E-state index contributed by atoms with van der Waals surface area (Å²) in [7, 11) is 1.58. The third kappa shape index (κ3) is 3.00. The molecular formula is C15H15N5O. The Labute approximate surface area is 122 Å². The quantitative estimate of drug-likeness (QED) is 0.777. The largest absolute Gasteiger partial charge is 0.481 e. The predicted octanol–water partition coefficient (Wildman–Crippen LogP) is 2.28. The first-order valence-corrected chi connectivity index (χ1v) is 6.54. The molecule has 2 aromatic heterocycles. The van der Waals surface area contributed by atoms with E-state index in [0.717, 1.165) is 17.1 Å². The first-order valence-electron chi connectivity index (χ1n) is 6.54. The lowest BCUT2D eigenvalue weighted by Crippen LogP contribution is -2.06. The van der Waals surface area contributed by atoms with Crippen LogP contribution in [0.4, 0.5) is 5.82 Å². The molecule has 1 aromatic carbocycles. The fourth-order valence-corrected chi connectivity index (χ4v) is 2.03. The summed E-state index contributed by atoms with van der Waals surface area (Å²) in [4.78, 5) is 8.15. The van der Waals surface area contributed by atoms with Crippen LogP contribution in [-0.4, -0.2) is 26.9 Å². The van der Waals surface area contributed by atoms with Crippen molar-refractivity contribution in [3.63, 3.8) is 0 Å². The van der Waals surface area contributed by atoms with Crippen molar-refractivity contribution in [2.75, 3.05) is 12.4 Å². The van der Waals surface area contributed by atoms with Crippen molar-refractivity contribution >= 4 is 5.82 Å². The highest BCUT2D eigenvalue weighted by Crippen LogP contribution is 2.16. The molecule has 0 saturated heterocycles. The number of para-hydroxylation sites is 1. The monoisotopic (exact) mass is 281 g/mol. The van der Waals surface area contributed by atoms with Crippen LogP contribution in [0.25, 0.3) is 5.69 Å². The van der Waals surface area contributed by atoms with Gasteiger partial charge in [0.05, 0.1) is 12.8 Å². The van der Waals surface area contributed by atoms with Crippen molar-refractivity contribution in [1.82, 2.24) is 19.7 Å². The molecule has 3 rings (SSSR count). The normalized spacial score (nSPS) is 10.3. The van der Waals surface area contributed by atoms with Gasteiger partial charge in [0.25, 0.3) is 0 Å². The smallest absolute Gasteiger partial charge is 0.218 e. The number of ether oxygens (including phenoxy) is 1. The van der Waals surface area contributed by atoms with Crippen molar-refractivity contribution in [3.8, 4) is 11.6 Å². The third-order valence-corrected chi connectivity index (χ3v) is 3.05. The minimum atomic E-state index is 0.535. The van der Waals surface area contributed by atoms with Crippen LogP contribution in [0.15, 0.2) is 55.1 Å². The molecule has 0 saturated carbocycles. The van der Waals surface area contributed by atoms with E-state index in [9.17, 15) is 0 Å². The van der Waals surface area contributed by atoms with E-state index in [1.54, 1.807) is 19.4 Å². The summed E-state index contributed by atoms with van der Waals surface area (Å²) in [5, 5.41) is 7.54. The Morgan fingerprint density at radius 1 is 1.19 bits per heavy atom. The molecule has 6 heteroatoms. The Hall–Kier alpha value is -2.89. The van der Waals surface area contributed by atoms with Gasteiger partial charge in [-0.25, -0.2) is 14.6 Å². The molecule has 0 bridgehead atoms. The van der Waals surface area contributed by atoms with Gasteiger partial charge in [0.15, 0.2) is 0 Å². The van der Waals surface area contributed by atoms with Gasteiger partial charge in [-0.1, -0.05) is 18.2 Å². The standard InChI is InChI=1S/C15H15N5O/c1-21-15-9-14(17-11-18-15)16-10-12-5-2-3-6-13(12)20-8-4-7-19-20/h2-9,11H,10H2,1H3,(H,16,17,18). The van der Waals surface area contributed by atoms with Crippen molar-refractivity contribution in [2.45, 2.75) is 6.54 Å². The molecule has 0 aliphatic heterocycles. The van der Waals surface area contributed by atoms with Crippen LogP contribution in [0, 0.1) is 0 Å². The fraction of sp³-hybridized carbons (Fsp3) is 0.133. The SMILES string of the molecule is COc1cc(NCc2ccccc2-n2cccn2)ncn1. The second-order valence-corrected chi connectivity index (χ2v) is 4.38. The molecular weight excluding hydrogens is 266 g/mol. The van der Waals surface area contributed by atoms with Gasteiger partial charge in [-0.15, -0.1) is 0 Å². The number of rotatable bonds is 5. The summed E-state index contributed by atoms with van der Waals surface area (Å²) in [6, 6.07) is 11.8. The third-order valence-electron chi connectivity index (χ3n) is 3.05. The molecule has 3 aromatic rings. The molecule has 0 aliphatic rings. The number of nitrogens with zero attached hydrogens (tertiary/aromatic N) is 4. The maximum atomic E-state index is 5.08. The Morgan fingerprint density at radius 3 is 2.90 bits per heavy atom. The summed E-state index contributed by atoms with van der Waals surface area (Å²) in [6.07, 6.45) is 5.16. The Kier molecular flexibility index (Phi) is 3.77. The van der Waals surface area contributed by atoms with Gasteiger partial charge >= 0.3 is 0 Å². The average molecular weight is 281 g/mol. The van der Waals surface area contributed by atoms with Gasteiger partial charge in [-0.05, 0) is 17.7 Å². The zero-order chi connectivity index (χ0) is 14.5. The lowest BCUT2D eigenvalue weighted by Gasteiger charge is -2.11. The van der Waals surface area contributed by atoms with Gasteiger partial charge in [-0.2, -0.15) is 5.10 Å². The van der Waals surface area contributed by atoms with E-state index in [1.807, 2.05) is 35.1 Å². The van der Waals surface area contributed by atoms with Crippen LogP contribution in [-0.2, 0) is 6.54 Å². The second-order valence-electron chi connectivity index (χ2n) is 4.38. The Bertz CT molecular complexity index is 712. The van der Waals surface area contributed by atoms with Crippen LogP contribution in [0.2, 0.25) is 0 Å². The molecule has 2 heterocycles. The lowest BCUT2D eigenvalue weighted by molar-refractivity contribution is 0.397. The summed E-state index contributed by atoms with van der Waals surface area (Å²) in [5.41, 5.74) is 2.16. The van der Waals surface area contributed by atoms with Crippen LogP contribution >= 0.6 is 0 Å². The number of nitrogens with one attached hydrogen (secondary N) is 1. The Morgan fingerprint density at radius 2 is 2.10 bits per heavy atom. The van der Waals surface area contributed by atoms with Crippen molar-refractivity contribution < 1.29 is 4.74 Å². The topological polar surface area (TPSA) is 64.9 Å². The Balaban J connectivity index is 1.79. The molecule has 0 spiro atoms. The molecule has 0 amide bonds. The van der Waals surface area contributed by atoms with E-state index in [2.05, 4.69) is 26.4 Å². The number of methoxy groups -OCH3 is 1. The predicted molar refractivity (Wildman–Crippen MR) is 79.5 cm³/mol. The highest BCUT2D eigenvalue weighted by Gasteiger charge is 2.05. The van der Waals surface area contributed by atoms with Crippen LogP contribution in [0.1, 0.15) is 5.56 Å². The summed E-state index contributed by atoms with van der Waals surface area (Å²) < 4.78 is 6.93. The highest BCUT2D eigenvalue weighted by molar-refractivity contribution is 5.44. The zero-order valence-corrected chi connectivity index (χ0v) is 11.6. The lowest BCUT2D eigenvalue weighted by atomic mass is 10.2. The van der Waals surface area contributed by atoms with Gasteiger partial charge in [0.2, 0.25) is 5.88 Å². The van der Waals surface area contributed by atoms with Gasteiger partial charge in [0.1, 0.15) is 12.1 Å². The second kappa shape index (κ2) is 6.04. The molecule has 0 unspecified atom stereocenters. The first-order chi connectivity index (χ1) is 10.4. The summed E-state index contributed by atoms with van der Waals surface area (Å²) in [5.74, 6) is 1.25. The van der Waals surface area contributed by atoms with Crippen molar-refractivity contribution in [2.24, 2.45) is 0 Å². The maximum Gasteiger partial charge on any atom is 0.218 e. The number of hydrogen-bond donors (Lipinski definition) is 1. The highest BCUT2D eigenvalue weighted by atomic mass is 16.5. The fourth-order valence-electron chi connectivity index (χ4n) is 2.03. The molecule has 6 nitrogen and oxygen atoms in total. The van der Waals surface area contributed by atoms with E-state index >= 15 is 0 Å². The van der Waals surface area contributed by atoms with E-state index in [4.69, 9.17) is 4.74 Å². The van der Waals surface area contributed by atoms with Gasteiger partial charge in [-0.3, -0.25) is 0 Å². The van der Waals surface area contributed by atoms with E-state index < -0.39 is 0 Å². The molecule has 0 aliphatic carbocycles. The van der Waals surface area contributed by atoms with E-state index in [0.29, 0.717) is 12.4 Å².